The molecule has 98 valence electrons. The van der Waals surface area contributed by atoms with E-state index >= 15 is 0 Å². The van der Waals surface area contributed by atoms with E-state index in [0.29, 0.717) is 0 Å². The van der Waals surface area contributed by atoms with Gasteiger partial charge in [0.05, 0.1) is 5.56 Å². The molecular formula is C13H7BrF3NO. The first-order chi connectivity index (χ1) is 8.91. The zero-order valence-electron chi connectivity index (χ0n) is 9.41. The van der Waals surface area contributed by atoms with Crippen LogP contribution in [-0.4, -0.2) is 10.8 Å². The van der Waals surface area contributed by atoms with Crippen LogP contribution in [0, 0.1) is 0 Å². The molecule has 0 radical (unpaired) electrons. The third kappa shape index (κ3) is 2.84. The third-order valence-corrected chi connectivity index (χ3v) is 3.35. The van der Waals surface area contributed by atoms with Gasteiger partial charge < -0.3 is 0 Å². The van der Waals surface area contributed by atoms with Crippen LogP contribution >= 0.6 is 15.9 Å². The summed E-state index contributed by atoms with van der Waals surface area (Å²) in [5, 5.41) is 0. The van der Waals surface area contributed by atoms with Crippen LogP contribution in [0.3, 0.4) is 0 Å². The Kier molecular flexibility index (Phi) is 3.71. The van der Waals surface area contributed by atoms with Crippen molar-refractivity contribution in [1.29, 1.82) is 0 Å². The molecule has 6 heteroatoms. The Balaban J connectivity index is 2.50. The number of halogens is 4. The smallest absolute Gasteiger partial charge is 0.289 e. The standard InChI is InChI=1S/C13H7BrF3NO/c14-11-9(2-1-3-10(11)13(15,16)17)12(19)8-4-6-18-7-5-8/h1-7H. The molecule has 0 aliphatic carbocycles. The summed E-state index contributed by atoms with van der Waals surface area (Å²) in [6, 6.07) is 6.39. The van der Waals surface area contributed by atoms with Gasteiger partial charge in [-0.05, 0) is 40.2 Å². The molecule has 2 rings (SSSR count). The number of rotatable bonds is 2. The van der Waals surface area contributed by atoms with E-state index in [4.69, 9.17) is 0 Å². The van der Waals surface area contributed by atoms with Gasteiger partial charge in [-0.3, -0.25) is 9.78 Å². The lowest BCUT2D eigenvalue weighted by molar-refractivity contribution is -0.138. The lowest BCUT2D eigenvalue weighted by Crippen LogP contribution is -2.10. The summed E-state index contributed by atoms with van der Waals surface area (Å²) in [6.07, 6.45) is -1.68. The molecule has 0 saturated heterocycles. The normalized spacial score (nSPS) is 11.4. The molecule has 0 aliphatic rings. The van der Waals surface area contributed by atoms with E-state index in [1.165, 1.54) is 36.7 Å². The number of alkyl halides is 3. The van der Waals surface area contributed by atoms with Crippen molar-refractivity contribution in [2.75, 3.05) is 0 Å². The highest BCUT2D eigenvalue weighted by molar-refractivity contribution is 9.10. The van der Waals surface area contributed by atoms with E-state index in [1.807, 2.05) is 0 Å². The topological polar surface area (TPSA) is 30.0 Å². The number of hydrogen-bond acceptors (Lipinski definition) is 2. The van der Waals surface area contributed by atoms with Gasteiger partial charge in [-0.1, -0.05) is 6.07 Å². The number of benzene rings is 1. The van der Waals surface area contributed by atoms with Crippen molar-refractivity contribution >= 4 is 21.7 Å². The molecule has 2 nitrogen and oxygen atoms in total. The molecule has 1 heterocycles. The molecular weight excluding hydrogens is 323 g/mol. The van der Waals surface area contributed by atoms with Crippen LogP contribution in [-0.2, 0) is 6.18 Å². The first-order valence-electron chi connectivity index (χ1n) is 5.21. The number of carbonyl (C=O) groups excluding carboxylic acids is 1. The largest absolute Gasteiger partial charge is 0.417 e. The molecule has 0 unspecified atom stereocenters. The highest BCUT2D eigenvalue weighted by Crippen LogP contribution is 2.36. The number of hydrogen-bond donors (Lipinski definition) is 0. The molecule has 19 heavy (non-hydrogen) atoms. The quantitative estimate of drug-likeness (QED) is 0.776. The predicted octanol–water partition coefficient (Wildman–Crippen LogP) is 4.09. The molecule has 2 aromatic rings. The minimum absolute atomic E-state index is 0.0268. The van der Waals surface area contributed by atoms with Crippen molar-refractivity contribution in [3.63, 3.8) is 0 Å². The van der Waals surface area contributed by atoms with Crippen LogP contribution in [0.2, 0.25) is 0 Å². The van der Waals surface area contributed by atoms with E-state index in [2.05, 4.69) is 20.9 Å². The van der Waals surface area contributed by atoms with E-state index in [9.17, 15) is 18.0 Å². The molecule has 0 spiro atoms. The SMILES string of the molecule is O=C(c1ccncc1)c1cccc(C(F)(F)F)c1Br. The van der Waals surface area contributed by atoms with Crippen molar-refractivity contribution in [2.24, 2.45) is 0 Å². The van der Waals surface area contributed by atoms with Crippen molar-refractivity contribution in [3.05, 3.63) is 63.9 Å². The summed E-state index contributed by atoms with van der Waals surface area (Å²) in [6.45, 7) is 0. The Bertz CT molecular complexity index is 611. The van der Waals surface area contributed by atoms with Gasteiger partial charge in [-0.25, -0.2) is 0 Å². The zero-order valence-corrected chi connectivity index (χ0v) is 11.0. The van der Waals surface area contributed by atoms with Crippen molar-refractivity contribution in [1.82, 2.24) is 4.98 Å². The van der Waals surface area contributed by atoms with Gasteiger partial charge in [0.25, 0.3) is 0 Å². The minimum atomic E-state index is -4.51. The number of aromatic nitrogens is 1. The molecule has 0 fully saturated rings. The Morgan fingerprint density at radius 1 is 1.11 bits per heavy atom. The van der Waals surface area contributed by atoms with Crippen LogP contribution in [0.15, 0.2) is 47.2 Å². The summed E-state index contributed by atoms with van der Waals surface area (Å²) in [4.78, 5) is 15.9. The van der Waals surface area contributed by atoms with Crippen LogP contribution < -0.4 is 0 Å². The number of pyridine rings is 1. The lowest BCUT2D eigenvalue weighted by atomic mass is 10.0. The summed E-state index contributed by atoms with van der Waals surface area (Å²) in [7, 11) is 0. The van der Waals surface area contributed by atoms with E-state index in [-0.39, 0.29) is 15.6 Å². The molecule has 0 N–H and O–H groups in total. The van der Waals surface area contributed by atoms with Gasteiger partial charge in [-0.15, -0.1) is 0 Å². The molecule has 0 aliphatic heterocycles. The molecule has 0 bridgehead atoms. The molecule has 1 aromatic heterocycles. The fourth-order valence-corrected chi connectivity index (χ4v) is 2.25. The Labute approximate surface area is 115 Å². The van der Waals surface area contributed by atoms with Gasteiger partial charge in [0.1, 0.15) is 0 Å². The second-order valence-corrected chi connectivity index (χ2v) is 4.52. The maximum absolute atomic E-state index is 12.7. The van der Waals surface area contributed by atoms with E-state index in [1.54, 1.807) is 0 Å². The highest BCUT2D eigenvalue weighted by atomic mass is 79.9. The van der Waals surface area contributed by atoms with Gasteiger partial charge in [0.15, 0.2) is 5.78 Å². The summed E-state index contributed by atoms with van der Waals surface area (Å²) >= 11 is 2.86. The molecule has 0 saturated carbocycles. The minimum Gasteiger partial charge on any atom is -0.289 e. The Morgan fingerprint density at radius 3 is 2.32 bits per heavy atom. The zero-order chi connectivity index (χ0) is 14.0. The molecule has 0 atom stereocenters. The van der Waals surface area contributed by atoms with Gasteiger partial charge in [0.2, 0.25) is 0 Å². The van der Waals surface area contributed by atoms with Crippen LogP contribution in [0.25, 0.3) is 0 Å². The lowest BCUT2D eigenvalue weighted by Gasteiger charge is -2.11. The number of carbonyl (C=O) groups is 1. The number of ketones is 1. The molecule has 1 aromatic carbocycles. The van der Waals surface area contributed by atoms with Crippen LogP contribution in [0.4, 0.5) is 13.2 Å². The monoisotopic (exact) mass is 329 g/mol. The predicted molar refractivity (Wildman–Crippen MR) is 66.8 cm³/mol. The van der Waals surface area contributed by atoms with Crippen molar-refractivity contribution < 1.29 is 18.0 Å². The highest BCUT2D eigenvalue weighted by Gasteiger charge is 2.34. The number of nitrogens with zero attached hydrogens (tertiary/aromatic N) is 1. The maximum atomic E-state index is 12.7. The Morgan fingerprint density at radius 2 is 1.74 bits per heavy atom. The third-order valence-electron chi connectivity index (χ3n) is 2.49. The van der Waals surface area contributed by atoms with E-state index in [0.717, 1.165) is 6.07 Å². The second kappa shape index (κ2) is 5.13. The van der Waals surface area contributed by atoms with Crippen molar-refractivity contribution in [3.8, 4) is 0 Å². The fourth-order valence-electron chi connectivity index (χ4n) is 1.59. The summed E-state index contributed by atoms with van der Waals surface area (Å²) in [5.41, 5.74) is -0.608. The van der Waals surface area contributed by atoms with Gasteiger partial charge in [0, 0.05) is 28.0 Å². The summed E-state index contributed by atoms with van der Waals surface area (Å²) in [5.74, 6) is -0.486. The average Bonchev–Trinajstić information content (AvgIpc) is 2.38. The van der Waals surface area contributed by atoms with E-state index < -0.39 is 17.5 Å². The van der Waals surface area contributed by atoms with Gasteiger partial charge in [-0.2, -0.15) is 13.2 Å². The Hall–Kier alpha value is -1.69. The first-order valence-corrected chi connectivity index (χ1v) is 6.01. The average molecular weight is 330 g/mol. The molecule has 0 amide bonds. The fraction of sp³-hybridized carbons (Fsp3) is 0.0769. The van der Waals surface area contributed by atoms with Gasteiger partial charge >= 0.3 is 6.18 Å². The van der Waals surface area contributed by atoms with Crippen molar-refractivity contribution in [2.45, 2.75) is 6.18 Å². The summed E-state index contributed by atoms with van der Waals surface area (Å²) < 4.78 is 38.0. The first kappa shape index (κ1) is 13.7. The maximum Gasteiger partial charge on any atom is 0.417 e. The second-order valence-electron chi connectivity index (χ2n) is 3.73. The van der Waals surface area contributed by atoms with Crippen LogP contribution in [0.1, 0.15) is 21.5 Å². The van der Waals surface area contributed by atoms with Crippen LogP contribution in [0.5, 0.6) is 0 Å².